The third-order valence-corrected chi connectivity index (χ3v) is 6.65. The number of fused-ring (bicyclic) bond motifs is 2. The molecule has 1 saturated heterocycles. The Morgan fingerprint density at radius 1 is 1.39 bits per heavy atom. The molecule has 11 heteroatoms. The number of halogens is 2. The minimum Gasteiger partial charge on any atom is -0.489 e. The van der Waals surface area contributed by atoms with E-state index in [1.807, 2.05) is 0 Å². The summed E-state index contributed by atoms with van der Waals surface area (Å²) in [6.07, 6.45) is 1.34. The van der Waals surface area contributed by atoms with Gasteiger partial charge in [0.25, 0.3) is 5.91 Å². The molecule has 1 aromatic carbocycles. The van der Waals surface area contributed by atoms with Crippen LogP contribution in [0.25, 0.3) is 0 Å². The van der Waals surface area contributed by atoms with E-state index < -0.39 is 21.7 Å². The zero-order chi connectivity index (χ0) is 20.1. The molecule has 2 atom stereocenters. The Kier molecular flexibility index (Phi) is 4.82. The molecule has 2 unspecified atom stereocenters. The number of anilines is 1. The first-order valence-corrected chi connectivity index (χ1v) is 10.4. The number of amides is 1. The Hall–Kier alpha value is -2.14. The third-order valence-electron chi connectivity index (χ3n) is 4.87. The van der Waals surface area contributed by atoms with Gasteiger partial charge in [0, 0.05) is 44.0 Å². The summed E-state index contributed by atoms with van der Waals surface area (Å²) in [7, 11) is -2.31. The molecule has 0 bridgehead atoms. The number of nitrogens with zero attached hydrogens (tertiary/aromatic N) is 1. The highest BCUT2D eigenvalue weighted by molar-refractivity contribution is 7.89. The van der Waals surface area contributed by atoms with Gasteiger partial charge in [0.2, 0.25) is 10.0 Å². The predicted octanol–water partition coefficient (Wildman–Crippen LogP) is 1.33. The van der Waals surface area contributed by atoms with E-state index in [1.165, 1.54) is 22.9 Å². The van der Waals surface area contributed by atoms with Crippen LogP contribution in [0, 0.1) is 11.7 Å². The van der Waals surface area contributed by atoms with Crippen molar-refractivity contribution in [3.63, 3.8) is 0 Å². The van der Waals surface area contributed by atoms with Crippen LogP contribution >= 0.6 is 11.6 Å². The number of rotatable bonds is 2. The fraction of sp³-hybridized carbons (Fsp3) is 0.353. The topological polar surface area (TPSA) is 101 Å². The Labute approximate surface area is 166 Å². The summed E-state index contributed by atoms with van der Waals surface area (Å²) in [5, 5.41) is 5.59. The average Bonchev–Trinajstić information content (AvgIpc) is 3.18. The molecule has 4 rings (SSSR count). The smallest absolute Gasteiger partial charge is 0.276 e. The summed E-state index contributed by atoms with van der Waals surface area (Å²) in [4.78, 5) is 12.7. The summed E-state index contributed by atoms with van der Waals surface area (Å²) < 4.78 is 48.8. The first kappa shape index (κ1) is 19.2. The van der Waals surface area contributed by atoms with Crippen LogP contribution in [-0.4, -0.2) is 44.6 Å². The second-order valence-electron chi connectivity index (χ2n) is 6.82. The number of sulfonamides is 1. The van der Waals surface area contributed by atoms with Crippen molar-refractivity contribution in [3.8, 4) is 5.75 Å². The van der Waals surface area contributed by atoms with Gasteiger partial charge < -0.3 is 19.9 Å². The van der Waals surface area contributed by atoms with Gasteiger partial charge in [-0.3, -0.25) is 4.79 Å². The molecule has 3 heterocycles. The number of benzene rings is 1. The Morgan fingerprint density at radius 2 is 2.18 bits per heavy atom. The monoisotopic (exact) mass is 428 g/mol. The van der Waals surface area contributed by atoms with Gasteiger partial charge in [-0.1, -0.05) is 11.6 Å². The lowest BCUT2D eigenvalue weighted by Gasteiger charge is -2.24. The maximum absolute atomic E-state index is 13.3. The fourth-order valence-corrected chi connectivity index (χ4v) is 5.11. The lowest BCUT2D eigenvalue weighted by Crippen LogP contribution is -2.43. The highest BCUT2D eigenvalue weighted by Crippen LogP contribution is 2.34. The number of hydrogen-bond donors (Lipinski definition) is 3. The predicted molar refractivity (Wildman–Crippen MR) is 101 cm³/mol. The van der Waals surface area contributed by atoms with Crippen molar-refractivity contribution < 1.29 is 22.3 Å². The van der Waals surface area contributed by atoms with Crippen molar-refractivity contribution in [2.24, 2.45) is 13.0 Å². The van der Waals surface area contributed by atoms with Crippen molar-refractivity contribution in [2.45, 2.75) is 10.9 Å². The van der Waals surface area contributed by atoms with Gasteiger partial charge >= 0.3 is 0 Å². The minimum atomic E-state index is -3.86. The standard InChI is InChI=1S/C17H18ClFN4O4S/c1-23-7-14-16(27-8-9-5-20-6-13(9)22-28(14,25)26)15(23)17(24)21-10-2-3-12(19)11(18)4-10/h2-4,7,9,13,20,22H,5-6,8H2,1H3,(H,21,24). The molecule has 0 radical (unpaired) electrons. The van der Waals surface area contributed by atoms with E-state index >= 15 is 0 Å². The Morgan fingerprint density at radius 3 is 2.93 bits per heavy atom. The maximum Gasteiger partial charge on any atom is 0.276 e. The lowest BCUT2D eigenvalue weighted by atomic mass is 10.1. The van der Waals surface area contributed by atoms with Gasteiger partial charge in [0.05, 0.1) is 11.6 Å². The number of carbonyl (C=O) groups is 1. The number of ether oxygens (including phenoxy) is 1. The van der Waals surface area contributed by atoms with Crippen LogP contribution in [0.2, 0.25) is 5.02 Å². The molecule has 150 valence electrons. The number of aryl methyl sites for hydroxylation is 1. The fourth-order valence-electron chi connectivity index (χ4n) is 3.43. The van der Waals surface area contributed by atoms with Crippen molar-refractivity contribution in [2.75, 3.05) is 25.0 Å². The van der Waals surface area contributed by atoms with E-state index in [0.717, 1.165) is 6.07 Å². The number of aromatic nitrogens is 1. The van der Waals surface area contributed by atoms with Crippen molar-refractivity contribution in [1.82, 2.24) is 14.6 Å². The summed E-state index contributed by atoms with van der Waals surface area (Å²) in [5.41, 5.74) is 0.323. The molecule has 2 aromatic rings. The van der Waals surface area contributed by atoms with E-state index in [1.54, 1.807) is 7.05 Å². The van der Waals surface area contributed by atoms with Gasteiger partial charge in [-0.15, -0.1) is 0 Å². The molecule has 1 aromatic heterocycles. The first-order chi connectivity index (χ1) is 13.3. The summed E-state index contributed by atoms with van der Waals surface area (Å²) in [6, 6.07) is 3.50. The summed E-state index contributed by atoms with van der Waals surface area (Å²) >= 11 is 5.75. The summed E-state index contributed by atoms with van der Waals surface area (Å²) in [5.74, 6) is -1.26. The number of hydrogen-bond acceptors (Lipinski definition) is 5. The molecule has 8 nitrogen and oxygen atoms in total. The summed E-state index contributed by atoms with van der Waals surface area (Å²) in [6.45, 7) is 1.40. The molecular weight excluding hydrogens is 411 g/mol. The minimum absolute atomic E-state index is 0.00828. The SMILES string of the molecule is Cn1cc2c(c1C(=O)Nc1ccc(F)c(Cl)c1)OCC1CNCC1NS2(=O)=O. The highest BCUT2D eigenvalue weighted by Gasteiger charge is 2.38. The normalized spacial score (nSPS) is 23.1. The Balaban J connectivity index is 1.70. The van der Waals surface area contributed by atoms with Gasteiger partial charge in [-0.25, -0.2) is 17.5 Å². The van der Waals surface area contributed by atoms with Crippen molar-refractivity contribution in [1.29, 1.82) is 0 Å². The van der Waals surface area contributed by atoms with E-state index in [4.69, 9.17) is 16.3 Å². The van der Waals surface area contributed by atoms with Crippen LogP contribution < -0.4 is 20.1 Å². The van der Waals surface area contributed by atoms with Gasteiger partial charge in [0.15, 0.2) is 11.4 Å². The van der Waals surface area contributed by atoms with Crippen molar-refractivity contribution in [3.05, 3.63) is 40.9 Å². The zero-order valence-corrected chi connectivity index (χ0v) is 16.4. The molecule has 0 saturated carbocycles. The van der Waals surface area contributed by atoms with Gasteiger partial charge in [-0.05, 0) is 18.2 Å². The molecular formula is C17H18ClFN4O4S. The highest BCUT2D eigenvalue weighted by atomic mass is 35.5. The van der Waals surface area contributed by atoms with Crippen LogP contribution in [0.15, 0.2) is 29.3 Å². The van der Waals surface area contributed by atoms with E-state index in [9.17, 15) is 17.6 Å². The van der Waals surface area contributed by atoms with Gasteiger partial charge in [-0.2, -0.15) is 0 Å². The second-order valence-corrected chi connectivity index (χ2v) is 8.91. The van der Waals surface area contributed by atoms with Crippen LogP contribution in [0.4, 0.5) is 10.1 Å². The van der Waals surface area contributed by atoms with Crippen LogP contribution in [0.3, 0.4) is 0 Å². The first-order valence-electron chi connectivity index (χ1n) is 8.58. The zero-order valence-electron chi connectivity index (χ0n) is 14.8. The molecule has 1 fully saturated rings. The number of carbonyl (C=O) groups excluding carboxylic acids is 1. The van der Waals surface area contributed by atoms with Crippen LogP contribution in [0.1, 0.15) is 10.5 Å². The maximum atomic E-state index is 13.3. The average molecular weight is 429 g/mol. The third kappa shape index (κ3) is 3.37. The van der Waals surface area contributed by atoms with E-state index in [-0.39, 0.29) is 45.6 Å². The van der Waals surface area contributed by atoms with Crippen molar-refractivity contribution >= 4 is 33.2 Å². The largest absolute Gasteiger partial charge is 0.489 e. The quantitative estimate of drug-likeness (QED) is 0.670. The molecule has 2 aliphatic rings. The van der Waals surface area contributed by atoms with Crippen LogP contribution in [-0.2, 0) is 17.1 Å². The molecule has 3 N–H and O–H groups in total. The molecule has 28 heavy (non-hydrogen) atoms. The second kappa shape index (κ2) is 7.03. The Bertz CT molecular complexity index is 1060. The molecule has 2 aliphatic heterocycles. The number of nitrogens with one attached hydrogen (secondary N) is 3. The molecule has 1 amide bonds. The van der Waals surface area contributed by atoms with E-state index in [2.05, 4.69) is 15.4 Å². The van der Waals surface area contributed by atoms with Gasteiger partial charge in [0.1, 0.15) is 10.7 Å². The van der Waals surface area contributed by atoms with E-state index in [0.29, 0.717) is 13.1 Å². The van der Waals surface area contributed by atoms with Crippen LogP contribution in [0.5, 0.6) is 5.75 Å². The molecule has 0 aliphatic carbocycles. The lowest BCUT2D eigenvalue weighted by molar-refractivity contribution is 0.101. The molecule has 0 spiro atoms.